The Kier molecular flexibility index (Phi) is 8.20. The first-order valence-electron chi connectivity index (χ1n) is 11.9. The predicted molar refractivity (Wildman–Crippen MR) is 137 cm³/mol. The number of thiazole rings is 1. The number of aryl methyl sites for hydroxylation is 2. The summed E-state index contributed by atoms with van der Waals surface area (Å²) in [4.78, 5) is 44.8. The minimum absolute atomic E-state index is 0.333. The fourth-order valence-electron chi connectivity index (χ4n) is 4.59. The van der Waals surface area contributed by atoms with Crippen molar-refractivity contribution in [3.63, 3.8) is 0 Å². The van der Waals surface area contributed by atoms with Crippen molar-refractivity contribution in [1.82, 2.24) is 20.5 Å². The van der Waals surface area contributed by atoms with Gasteiger partial charge in [-0.3, -0.25) is 14.4 Å². The van der Waals surface area contributed by atoms with Crippen LogP contribution in [0.3, 0.4) is 0 Å². The Bertz CT molecular complexity index is 1150. The van der Waals surface area contributed by atoms with Crippen LogP contribution in [0.2, 0.25) is 0 Å². The third kappa shape index (κ3) is 5.75. The number of likely N-dealkylation sites (tertiary alicyclic amines) is 1. The van der Waals surface area contributed by atoms with Crippen LogP contribution in [0.15, 0.2) is 23.7 Å². The number of benzene rings is 1. The van der Waals surface area contributed by atoms with Crippen LogP contribution in [0, 0.1) is 19.3 Å². The second kappa shape index (κ2) is 10.6. The second-order valence-corrected chi connectivity index (χ2v) is 11.4. The van der Waals surface area contributed by atoms with Gasteiger partial charge in [-0.1, -0.05) is 39.0 Å². The molecule has 3 N–H and O–H groups in total. The van der Waals surface area contributed by atoms with Gasteiger partial charge in [-0.2, -0.15) is 0 Å². The molecule has 3 amide bonds. The number of carbonyl (C=O) groups is 3. The van der Waals surface area contributed by atoms with Crippen molar-refractivity contribution in [2.75, 3.05) is 6.54 Å². The Hall–Kier alpha value is -2.85. The van der Waals surface area contributed by atoms with E-state index in [2.05, 4.69) is 15.6 Å². The molecule has 1 aliphatic rings. The zero-order valence-electron chi connectivity index (χ0n) is 21.8. The van der Waals surface area contributed by atoms with Crippen molar-refractivity contribution in [2.24, 2.45) is 5.41 Å². The summed E-state index contributed by atoms with van der Waals surface area (Å²) in [6, 6.07) is 2.94. The molecule has 0 spiro atoms. The highest BCUT2D eigenvalue weighted by Crippen LogP contribution is 2.31. The number of nitrogens with one attached hydrogen (secondary N) is 2. The number of hydrogen-bond donors (Lipinski definition) is 3. The Balaban J connectivity index is 1.81. The first-order valence-corrected chi connectivity index (χ1v) is 12.8. The Morgan fingerprint density at radius 2 is 1.89 bits per heavy atom. The first-order chi connectivity index (χ1) is 16.7. The smallest absolute Gasteiger partial charge is 0.246 e. The van der Waals surface area contributed by atoms with Gasteiger partial charge >= 0.3 is 0 Å². The molecule has 3 rings (SSSR count). The topological polar surface area (TPSA) is 112 Å². The zero-order chi connectivity index (χ0) is 26.9. The summed E-state index contributed by atoms with van der Waals surface area (Å²) in [7, 11) is 0. The highest BCUT2D eigenvalue weighted by atomic mass is 32.1. The molecule has 8 nitrogen and oxygen atoms in total. The fraction of sp³-hybridized carbons (Fsp3) is 0.538. The van der Waals surface area contributed by atoms with E-state index in [1.165, 1.54) is 6.92 Å². The maximum absolute atomic E-state index is 15.0. The molecule has 1 aromatic carbocycles. The monoisotopic (exact) mass is 518 g/mol. The molecule has 2 aromatic rings. The van der Waals surface area contributed by atoms with E-state index in [-0.39, 0.29) is 6.54 Å². The molecule has 0 unspecified atom stereocenters. The molecular formula is C26H35FN4O4S. The average molecular weight is 519 g/mol. The zero-order valence-corrected chi connectivity index (χ0v) is 22.6. The standard InChI is InChI=1S/C26H35FN4O4S/c1-13-10-17(22-15(3)28-12-36-22)8-9-18(13)14(2)29-24(34)21-20(27)19(33)11-31(21)25(35)23(26(5,6)7)30-16(4)32/h8-10,12,14,19-21,23,33H,11H2,1-7H3,(H,29,34)(H,30,32)/t14-,19-,20-,21-,23+/m0/s1. The Morgan fingerprint density at radius 1 is 1.22 bits per heavy atom. The molecule has 1 saturated heterocycles. The molecule has 0 bridgehead atoms. The number of β-amino-alcohol motifs (C(OH)–C–C–N with tert-alkyl or cyclic N) is 1. The molecule has 0 aliphatic carbocycles. The number of nitrogens with zero attached hydrogens (tertiary/aromatic N) is 2. The lowest BCUT2D eigenvalue weighted by Gasteiger charge is -2.35. The molecule has 1 aliphatic heterocycles. The molecular weight excluding hydrogens is 483 g/mol. The van der Waals surface area contributed by atoms with Gasteiger partial charge in [0.1, 0.15) is 18.2 Å². The number of alkyl halides is 1. The molecule has 1 aromatic heterocycles. The molecule has 0 saturated carbocycles. The van der Waals surface area contributed by atoms with E-state index in [1.807, 2.05) is 32.0 Å². The number of rotatable bonds is 6. The third-order valence-electron chi connectivity index (χ3n) is 6.50. The van der Waals surface area contributed by atoms with E-state index in [0.717, 1.165) is 32.2 Å². The molecule has 5 atom stereocenters. The number of amides is 3. The van der Waals surface area contributed by atoms with Gasteiger partial charge in [0.2, 0.25) is 17.7 Å². The van der Waals surface area contributed by atoms with Crippen LogP contribution in [0.4, 0.5) is 4.39 Å². The highest BCUT2D eigenvalue weighted by Gasteiger charge is 2.50. The van der Waals surface area contributed by atoms with E-state index < -0.39 is 53.5 Å². The van der Waals surface area contributed by atoms with Crippen molar-refractivity contribution in [1.29, 1.82) is 0 Å². The SMILES string of the molecule is CC(=O)N[C@H](C(=O)N1C[C@H](O)[C@H](F)[C@H]1C(=O)N[C@@H](C)c1ccc(-c2scnc2C)cc1C)C(C)(C)C. The van der Waals surface area contributed by atoms with Gasteiger partial charge in [-0.25, -0.2) is 9.37 Å². The number of carbonyl (C=O) groups excluding carboxylic acids is 3. The normalized spacial score (nSPS) is 21.7. The van der Waals surface area contributed by atoms with Crippen LogP contribution in [0.25, 0.3) is 10.4 Å². The predicted octanol–water partition coefficient (Wildman–Crippen LogP) is 3.06. The summed E-state index contributed by atoms with van der Waals surface area (Å²) >= 11 is 1.55. The van der Waals surface area contributed by atoms with E-state index in [9.17, 15) is 19.5 Å². The summed E-state index contributed by atoms with van der Waals surface area (Å²) in [6.45, 7) is 11.9. The van der Waals surface area contributed by atoms with Crippen LogP contribution < -0.4 is 10.6 Å². The van der Waals surface area contributed by atoms with E-state index >= 15 is 4.39 Å². The summed E-state index contributed by atoms with van der Waals surface area (Å²) in [6.07, 6.45) is -3.45. The van der Waals surface area contributed by atoms with Gasteiger partial charge in [0.05, 0.1) is 28.7 Å². The van der Waals surface area contributed by atoms with Crippen LogP contribution in [-0.2, 0) is 14.4 Å². The quantitative estimate of drug-likeness (QED) is 0.544. The number of aromatic nitrogens is 1. The molecule has 2 heterocycles. The number of aliphatic hydroxyl groups excluding tert-OH is 1. The first kappa shape index (κ1) is 27.7. The summed E-state index contributed by atoms with van der Waals surface area (Å²) in [5, 5.41) is 15.6. The molecule has 36 heavy (non-hydrogen) atoms. The van der Waals surface area contributed by atoms with Gasteiger partial charge < -0.3 is 20.6 Å². The molecule has 1 fully saturated rings. The molecule has 196 valence electrons. The lowest BCUT2D eigenvalue weighted by atomic mass is 9.85. The number of halogens is 1. The van der Waals surface area contributed by atoms with Crippen LogP contribution >= 0.6 is 11.3 Å². The highest BCUT2D eigenvalue weighted by molar-refractivity contribution is 7.13. The van der Waals surface area contributed by atoms with Crippen LogP contribution in [-0.4, -0.2) is 63.6 Å². The maximum atomic E-state index is 15.0. The second-order valence-electron chi connectivity index (χ2n) is 10.5. The van der Waals surface area contributed by atoms with Crippen LogP contribution in [0.5, 0.6) is 0 Å². The Labute approximate surface area is 215 Å². The number of aliphatic hydroxyl groups is 1. The van der Waals surface area contributed by atoms with Gasteiger partial charge in [0.15, 0.2) is 6.17 Å². The summed E-state index contributed by atoms with van der Waals surface area (Å²) in [5.41, 5.74) is 4.88. The lowest BCUT2D eigenvalue weighted by Crippen LogP contribution is -2.58. The Morgan fingerprint density at radius 3 is 2.42 bits per heavy atom. The largest absolute Gasteiger partial charge is 0.388 e. The number of hydrogen-bond acceptors (Lipinski definition) is 6. The van der Waals surface area contributed by atoms with E-state index in [4.69, 9.17) is 0 Å². The fourth-order valence-corrected chi connectivity index (χ4v) is 5.39. The summed E-state index contributed by atoms with van der Waals surface area (Å²) in [5.74, 6) is -1.72. The van der Waals surface area contributed by atoms with Gasteiger partial charge in [-0.15, -0.1) is 11.3 Å². The lowest BCUT2D eigenvalue weighted by molar-refractivity contribution is -0.144. The van der Waals surface area contributed by atoms with Gasteiger partial charge in [0.25, 0.3) is 0 Å². The van der Waals surface area contributed by atoms with Crippen molar-refractivity contribution >= 4 is 29.1 Å². The minimum atomic E-state index is -1.95. The maximum Gasteiger partial charge on any atom is 0.246 e. The van der Waals surface area contributed by atoms with E-state index in [0.29, 0.717) is 0 Å². The van der Waals surface area contributed by atoms with Crippen molar-refractivity contribution < 1.29 is 23.9 Å². The van der Waals surface area contributed by atoms with E-state index in [1.54, 1.807) is 44.5 Å². The van der Waals surface area contributed by atoms with Gasteiger partial charge in [-0.05, 0) is 42.9 Å². The molecule has 0 radical (unpaired) electrons. The van der Waals surface area contributed by atoms with Crippen molar-refractivity contribution in [3.05, 3.63) is 40.5 Å². The van der Waals surface area contributed by atoms with Crippen molar-refractivity contribution in [2.45, 2.75) is 78.9 Å². The summed E-state index contributed by atoms with van der Waals surface area (Å²) < 4.78 is 15.0. The van der Waals surface area contributed by atoms with Gasteiger partial charge in [0, 0.05) is 6.92 Å². The average Bonchev–Trinajstić information content (AvgIpc) is 3.33. The van der Waals surface area contributed by atoms with Crippen LogP contribution in [0.1, 0.15) is 57.5 Å². The molecule has 10 heteroatoms. The van der Waals surface area contributed by atoms with Crippen molar-refractivity contribution in [3.8, 4) is 10.4 Å². The third-order valence-corrected chi connectivity index (χ3v) is 7.48. The minimum Gasteiger partial charge on any atom is -0.388 e.